The molecule has 1 aliphatic rings. The standard InChI is InChI=1S/C19H29NOS/c1-13-11-14(2)16(4)19(15(13)3)22-12-18(21)20-17-9-7-5-6-8-10-17/h11,17H,5-10,12H2,1-4H3,(H,20,21). The molecule has 122 valence electrons. The van der Waals surface area contributed by atoms with E-state index in [0.717, 1.165) is 12.8 Å². The molecule has 0 atom stereocenters. The van der Waals surface area contributed by atoms with Crippen molar-refractivity contribution in [3.8, 4) is 0 Å². The summed E-state index contributed by atoms with van der Waals surface area (Å²) in [4.78, 5) is 13.5. The molecule has 1 aliphatic carbocycles. The number of carbonyl (C=O) groups is 1. The predicted octanol–water partition coefficient (Wildman–Crippen LogP) is 4.85. The van der Waals surface area contributed by atoms with Crippen LogP contribution in [0.25, 0.3) is 0 Å². The van der Waals surface area contributed by atoms with Crippen LogP contribution in [0, 0.1) is 27.7 Å². The Kier molecular flexibility index (Phi) is 6.37. The van der Waals surface area contributed by atoms with Crippen LogP contribution < -0.4 is 5.32 Å². The number of aryl methyl sites for hydroxylation is 2. The zero-order valence-electron chi connectivity index (χ0n) is 14.4. The van der Waals surface area contributed by atoms with E-state index in [1.54, 1.807) is 11.8 Å². The largest absolute Gasteiger partial charge is 0.353 e. The van der Waals surface area contributed by atoms with E-state index < -0.39 is 0 Å². The summed E-state index contributed by atoms with van der Waals surface area (Å²) in [5.74, 6) is 0.719. The van der Waals surface area contributed by atoms with Crippen molar-refractivity contribution >= 4 is 17.7 Å². The molecular weight excluding hydrogens is 290 g/mol. The van der Waals surface area contributed by atoms with Crippen molar-refractivity contribution in [1.29, 1.82) is 0 Å². The third-order valence-electron chi connectivity index (χ3n) is 4.87. The van der Waals surface area contributed by atoms with Crippen LogP contribution in [0.5, 0.6) is 0 Å². The fourth-order valence-corrected chi connectivity index (χ4v) is 4.34. The van der Waals surface area contributed by atoms with Gasteiger partial charge in [0.1, 0.15) is 0 Å². The zero-order chi connectivity index (χ0) is 16.1. The number of nitrogens with one attached hydrogen (secondary N) is 1. The summed E-state index contributed by atoms with van der Waals surface area (Å²) in [5, 5.41) is 3.24. The van der Waals surface area contributed by atoms with Gasteiger partial charge in [-0.05, 0) is 62.8 Å². The van der Waals surface area contributed by atoms with Gasteiger partial charge in [-0.25, -0.2) is 0 Å². The van der Waals surface area contributed by atoms with Crippen LogP contribution >= 0.6 is 11.8 Å². The summed E-state index contributed by atoms with van der Waals surface area (Å²) in [6.07, 6.45) is 7.46. The summed E-state index contributed by atoms with van der Waals surface area (Å²) in [5.41, 5.74) is 5.26. The predicted molar refractivity (Wildman–Crippen MR) is 95.7 cm³/mol. The lowest BCUT2D eigenvalue weighted by Crippen LogP contribution is -2.35. The Labute approximate surface area is 139 Å². The van der Waals surface area contributed by atoms with E-state index >= 15 is 0 Å². The van der Waals surface area contributed by atoms with Crippen molar-refractivity contribution in [3.63, 3.8) is 0 Å². The Hall–Kier alpha value is -0.960. The molecule has 0 bridgehead atoms. The highest BCUT2D eigenvalue weighted by molar-refractivity contribution is 8.00. The van der Waals surface area contributed by atoms with E-state index in [4.69, 9.17) is 0 Å². The first-order valence-electron chi connectivity index (χ1n) is 8.48. The third kappa shape index (κ3) is 4.52. The summed E-state index contributed by atoms with van der Waals surface area (Å²) in [7, 11) is 0. The fraction of sp³-hybridized carbons (Fsp3) is 0.632. The van der Waals surface area contributed by atoms with E-state index in [-0.39, 0.29) is 5.91 Å². The molecule has 1 amide bonds. The van der Waals surface area contributed by atoms with Crippen LogP contribution in [0.2, 0.25) is 0 Å². The van der Waals surface area contributed by atoms with Crippen LogP contribution in [-0.2, 0) is 4.79 Å². The molecule has 1 aromatic rings. The lowest BCUT2D eigenvalue weighted by molar-refractivity contribution is -0.119. The van der Waals surface area contributed by atoms with Crippen molar-refractivity contribution in [1.82, 2.24) is 5.32 Å². The van der Waals surface area contributed by atoms with Crippen LogP contribution in [0.1, 0.15) is 60.8 Å². The number of amides is 1. The van der Waals surface area contributed by atoms with E-state index in [1.807, 2.05) is 0 Å². The van der Waals surface area contributed by atoms with Crippen molar-refractivity contribution in [2.75, 3.05) is 5.75 Å². The van der Waals surface area contributed by atoms with E-state index in [2.05, 4.69) is 39.1 Å². The number of hydrogen-bond acceptors (Lipinski definition) is 2. The van der Waals surface area contributed by atoms with Crippen molar-refractivity contribution < 1.29 is 4.79 Å². The highest BCUT2D eigenvalue weighted by Crippen LogP contribution is 2.30. The average molecular weight is 320 g/mol. The zero-order valence-corrected chi connectivity index (χ0v) is 15.2. The molecule has 3 heteroatoms. The molecule has 1 saturated carbocycles. The second kappa shape index (κ2) is 8.05. The number of hydrogen-bond donors (Lipinski definition) is 1. The van der Waals surface area contributed by atoms with E-state index in [1.165, 1.54) is 52.8 Å². The lowest BCUT2D eigenvalue weighted by atomic mass is 10.0. The highest BCUT2D eigenvalue weighted by Gasteiger charge is 2.16. The summed E-state index contributed by atoms with van der Waals surface area (Å²) in [6, 6.07) is 2.64. The molecule has 2 rings (SSSR count). The van der Waals surface area contributed by atoms with Gasteiger partial charge in [0.15, 0.2) is 0 Å². The lowest BCUT2D eigenvalue weighted by Gasteiger charge is -2.17. The fourth-order valence-electron chi connectivity index (χ4n) is 3.23. The first-order chi connectivity index (χ1) is 10.5. The molecule has 0 radical (unpaired) electrons. The number of benzene rings is 1. The first-order valence-corrected chi connectivity index (χ1v) is 9.47. The second-order valence-electron chi connectivity index (χ2n) is 6.63. The SMILES string of the molecule is Cc1cc(C)c(C)c(SCC(=O)NC2CCCCCC2)c1C. The summed E-state index contributed by atoms with van der Waals surface area (Å²) >= 11 is 1.69. The maximum atomic E-state index is 12.3. The quantitative estimate of drug-likeness (QED) is 0.635. The summed E-state index contributed by atoms with van der Waals surface area (Å²) < 4.78 is 0. The van der Waals surface area contributed by atoms with Gasteiger partial charge in [-0.15, -0.1) is 11.8 Å². The number of carbonyl (C=O) groups excluding carboxylic acids is 1. The average Bonchev–Trinajstić information content (AvgIpc) is 2.74. The molecule has 1 N–H and O–H groups in total. The molecule has 0 unspecified atom stereocenters. The van der Waals surface area contributed by atoms with Gasteiger partial charge in [-0.3, -0.25) is 4.79 Å². The van der Waals surface area contributed by atoms with Gasteiger partial charge >= 0.3 is 0 Å². The first kappa shape index (κ1) is 17.4. The van der Waals surface area contributed by atoms with Crippen LogP contribution in [0.4, 0.5) is 0 Å². The Morgan fingerprint density at radius 3 is 2.14 bits per heavy atom. The molecule has 2 nitrogen and oxygen atoms in total. The summed E-state index contributed by atoms with van der Waals surface area (Å²) in [6.45, 7) is 8.62. The molecule has 1 aromatic carbocycles. The van der Waals surface area contributed by atoms with Crippen LogP contribution in [0.15, 0.2) is 11.0 Å². The second-order valence-corrected chi connectivity index (χ2v) is 7.62. The van der Waals surface area contributed by atoms with Crippen molar-refractivity contribution in [3.05, 3.63) is 28.3 Å². The molecule has 0 spiro atoms. The van der Waals surface area contributed by atoms with Gasteiger partial charge in [-0.1, -0.05) is 31.7 Å². The van der Waals surface area contributed by atoms with Crippen LogP contribution in [-0.4, -0.2) is 17.7 Å². The van der Waals surface area contributed by atoms with E-state index in [9.17, 15) is 4.79 Å². The molecular formula is C19H29NOS. The van der Waals surface area contributed by atoms with Crippen molar-refractivity contribution in [2.24, 2.45) is 0 Å². The van der Waals surface area contributed by atoms with Gasteiger partial charge in [0, 0.05) is 10.9 Å². The van der Waals surface area contributed by atoms with Gasteiger partial charge in [0.25, 0.3) is 0 Å². The van der Waals surface area contributed by atoms with Gasteiger partial charge in [-0.2, -0.15) is 0 Å². The molecule has 22 heavy (non-hydrogen) atoms. The molecule has 0 saturated heterocycles. The minimum atomic E-state index is 0.190. The minimum absolute atomic E-state index is 0.190. The smallest absolute Gasteiger partial charge is 0.230 e. The minimum Gasteiger partial charge on any atom is -0.353 e. The maximum Gasteiger partial charge on any atom is 0.230 e. The molecule has 0 aromatic heterocycles. The topological polar surface area (TPSA) is 29.1 Å². The monoisotopic (exact) mass is 319 g/mol. The Morgan fingerprint density at radius 1 is 1.05 bits per heavy atom. The van der Waals surface area contributed by atoms with Gasteiger partial charge < -0.3 is 5.32 Å². The van der Waals surface area contributed by atoms with Gasteiger partial charge in [0.05, 0.1) is 5.75 Å². The molecule has 0 heterocycles. The number of rotatable bonds is 4. The third-order valence-corrected chi connectivity index (χ3v) is 6.17. The van der Waals surface area contributed by atoms with E-state index in [0.29, 0.717) is 11.8 Å². The Balaban J connectivity index is 1.93. The van der Waals surface area contributed by atoms with Crippen molar-refractivity contribution in [2.45, 2.75) is 77.2 Å². The number of thioether (sulfide) groups is 1. The maximum absolute atomic E-state index is 12.3. The normalized spacial score (nSPS) is 16.4. The Morgan fingerprint density at radius 2 is 1.59 bits per heavy atom. The molecule has 0 aliphatic heterocycles. The highest BCUT2D eigenvalue weighted by atomic mass is 32.2. The van der Waals surface area contributed by atoms with Gasteiger partial charge in [0.2, 0.25) is 5.91 Å². The van der Waals surface area contributed by atoms with Crippen LogP contribution in [0.3, 0.4) is 0 Å². The Bertz CT molecular complexity index is 504. The molecule has 1 fully saturated rings.